The predicted molar refractivity (Wildman–Crippen MR) is 59.7 cm³/mol. The first-order valence-electron chi connectivity index (χ1n) is 4.72. The lowest BCUT2D eigenvalue weighted by Gasteiger charge is -2.11. The number of rotatable bonds is 2. The Morgan fingerprint density at radius 1 is 1.12 bits per heavy atom. The zero-order valence-corrected chi connectivity index (χ0v) is 9.03. The number of nitrogens with zero attached hydrogens (tertiary/aromatic N) is 1. The Balaban J connectivity index is 2.31. The normalized spacial score (nSPS) is 12.4. The van der Waals surface area contributed by atoms with Crippen LogP contribution in [0.1, 0.15) is 17.2 Å². The molecular weight excluding hydrogens is 229 g/mol. The lowest BCUT2D eigenvalue weighted by molar-refractivity contribution is 0.220. The van der Waals surface area contributed by atoms with E-state index in [9.17, 15) is 9.50 Å². The van der Waals surface area contributed by atoms with Gasteiger partial charge in [-0.2, -0.15) is 0 Å². The van der Waals surface area contributed by atoms with Gasteiger partial charge in [0, 0.05) is 6.20 Å². The first kappa shape index (κ1) is 11.0. The van der Waals surface area contributed by atoms with Gasteiger partial charge in [0.1, 0.15) is 17.1 Å². The molecule has 0 aliphatic rings. The predicted octanol–water partition coefficient (Wildman–Crippen LogP) is 2.96. The van der Waals surface area contributed by atoms with E-state index in [0.717, 1.165) is 0 Å². The molecule has 1 heterocycles. The molecule has 16 heavy (non-hydrogen) atoms. The van der Waals surface area contributed by atoms with Gasteiger partial charge in [0.2, 0.25) is 0 Å². The fourth-order valence-electron chi connectivity index (χ4n) is 1.43. The van der Waals surface area contributed by atoms with E-state index in [1.54, 1.807) is 12.1 Å². The fourth-order valence-corrected chi connectivity index (χ4v) is 1.61. The van der Waals surface area contributed by atoms with Crippen molar-refractivity contribution in [1.29, 1.82) is 0 Å². The SMILES string of the molecule is OC(c1ccc(F)cc1)c1ccnc(Cl)c1. The van der Waals surface area contributed by atoms with E-state index in [2.05, 4.69) is 4.98 Å². The molecule has 2 nitrogen and oxygen atoms in total. The number of pyridine rings is 1. The van der Waals surface area contributed by atoms with Gasteiger partial charge in [-0.05, 0) is 35.4 Å². The molecule has 0 aliphatic carbocycles. The monoisotopic (exact) mass is 237 g/mol. The van der Waals surface area contributed by atoms with Crippen molar-refractivity contribution in [2.24, 2.45) is 0 Å². The summed E-state index contributed by atoms with van der Waals surface area (Å²) in [6, 6.07) is 8.93. The van der Waals surface area contributed by atoms with Gasteiger partial charge in [-0.25, -0.2) is 9.37 Å². The maximum absolute atomic E-state index is 12.7. The van der Waals surface area contributed by atoms with Crippen LogP contribution in [-0.4, -0.2) is 10.1 Å². The van der Waals surface area contributed by atoms with Crippen LogP contribution in [0.15, 0.2) is 42.6 Å². The van der Waals surface area contributed by atoms with Crippen LogP contribution in [0.3, 0.4) is 0 Å². The molecule has 1 atom stereocenters. The fraction of sp³-hybridized carbons (Fsp3) is 0.0833. The summed E-state index contributed by atoms with van der Waals surface area (Å²) in [4.78, 5) is 3.82. The topological polar surface area (TPSA) is 33.1 Å². The standard InChI is InChI=1S/C12H9ClFNO/c13-11-7-9(5-6-15-11)12(16)8-1-3-10(14)4-2-8/h1-7,12,16H. The second-order valence-corrected chi connectivity index (χ2v) is 3.75. The molecule has 0 aliphatic heterocycles. The smallest absolute Gasteiger partial charge is 0.129 e. The third-order valence-corrected chi connectivity index (χ3v) is 2.46. The highest BCUT2D eigenvalue weighted by molar-refractivity contribution is 6.29. The van der Waals surface area contributed by atoms with Crippen LogP contribution in [0.2, 0.25) is 5.15 Å². The lowest BCUT2D eigenvalue weighted by Crippen LogP contribution is -1.99. The molecule has 0 bridgehead atoms. The highest BCUT2D eigenvalue weighted by atomic mass is 35.5. The highest BCUT2D eigenvalue weighted by Crippen LogP contribution is 2.23. The van der Waals surface area contributed by atoms with Gasteiger partial charge < -0.3 is 5.11 Å². The minimum Gasteiger partial charge on any atom is -0.384 e. The Morgan fingerprint density at radius 2 is 1.81 bits per heavy atom. The molecule has 2 aromatic rings. The van der Waals surface area contributed by atoms with Crippen LogP contribution in [0.25, 0.3) is 0 Å². The zero-order chi connectivity index (χ0) is 11.5. The molecule has 0 saturated carbocycles. The van der Waals surface area contributed by atoms with Gasteiger partial charge in [0.05, 0.1) is 0 Å². The van der Waals surface area contributed by atoms with Gasteiger partial charge in [-0.3, -0.25) is 0 Å². The van der Waals surface area contributed by atoms with E-state index in [1.165, 1.54) is 30.5 Å². The van der Waals surface area contributed by atoms with Gasteiger partial charge >= 0.3 is 0 Å². The number of hydrogen-bond acceptors (Lipinski definition) is 2. The average molecular weight is 238 g/mol. The average Bonchev–Trinajstić information content (AvgIpc) is 2.29. The molecule has 4 heteroatoms. The van der Waals surface area contributed by atoms with Crippen LogP contribution in [0, 0.1) is 5.82 Å². The lowest BCUT2D eigenvalue weighted by atomic mass is 10.0. The van der Waals surface area contributed by atoms with E-state index in [0.29, 0.717) is 16.3 Å². The van der Waals surface area contributed by atoms with Crippen molar-refractivity contribution in [2.45, 2.75) is 6.10 Å². The van der Waals surface area contributed by atoms with Crippen LogP contribution in [-0.2, 0) is 0 Å². The van der Waals surface area contributed by atoms with E-state index in [4.69, 9.17) is 11.6 Å². The molecule has 0 fully saturated rings. The molecule has 0 spiro atoms. The Kier molecular flexibility index (Phi) is 3.17. The maximum atomic E-state index is 12.7. The molecule has 1 aromatic heterocycles. The van der Waals surface area contributed by atoms with E-state index < -0.39 is 6.10 Å². The number of benzene rings is 1. The van der Waals surface area contributed by atoms with Crippen LogP contribution >= 0.6 is 11.6 Å². The van der Waals surface area contributed by atoms with Crippen molar-refractivity contribution in [3.05, 3.63) is 64.7 Å². The third kappa shape index (κ3) is 2.38. The summed E-state index contributed by atoms with van der Waals surface area (Å²) in [5.74, 6) is -0.330. The largest absolute Gasteiger partial charge is 0.384 e. The summed E-state index contributed by atoms with van der Waals surface area (Å²) in [6.45, 7) is 0. The van der Waals surface area contributed by atoms with Crippen molar-refractivity contribution in [3.63, 3.8) is 0 Å². The number of halogens is 2. The molecular formula is C12H9ClFNO. The molecule has 82 valence electrons. The minimum absolute atomic E-state index is 0.318. The quantitative estimate of drug-likeness (QED) is 0.815. The van der Waals surface area contributed by atoms with E-state index in [1.807, 2.05) is 0 Å². The third-order valence-electron chi connectivity index (χ3n) is 2.25. The highest BCUT2D eigenvalue weighted by Gasteiger charge is 2.10. The van der Waals surface area contributed by atoms with E-state index in [-0.39, 0.29) is 5.82 Å². The van der Waals surface area contributed by atoms with Crippen molar-refractivity contribution < 1.29 is 9.50 Å². The molecule has 1 unspecified atom stereocenters. The Labute approximate surface area is 97.3 Å². The van der Waals surface area contributed by atoms with Crippen LogP contribution in [0.4, 0.5) is 4.39 Å². The Morgan fingerprint density at radius 3 is 2.44 bits per heavy atom. The summed E-state index contributed by atoms with van der Waals surface area (Å²) in [6.07, 6.45) is 0.700. The molecule has 0 amide bonds. The minimum atomic E-state index is -0.818. The molecule has 1 N–H and O–H groups in total. The number of aliphatic hydroxyl groups is 1. The maximum Gasteiger partial charge on any atom is 0.129 e. The van der Waals surface area contributed by atoms with Crippen LogP contribution in [0.5, 0.6) is 0 Å². The molecule has 2 rings (SSSR count). The van der Waals surface area contributed by atoms with Gasteiger partial charge in [0.15, 0.2) is 0 Å². The number of aliphatic hydroxyl groups excluding tert-OH is 1. The van der Waals surface area contributed by atoms with Crippen molar-refractivity contribution in [3.8, 4) is 0 Å². The summed E-state index contributed by atoms with van der Waals surface area (Å²) in [5, 5.41) is 10.3. The summed E-state index contributed by atoms with van der Waals surface area (Å²) >= 11 is 5.72. The van der Waals surface area contributed by atoms with E-state index >= 15 is 0 Å². The second-order valence-electron chi connectivity index (χ2n) is 3.37. The van der Waals surface area contributed by atoms with Gasteiger partial charge in [-0.15, -0.1) is 0 Å². The Hall–Kier alpha value is -1.45. The molecule has 0 radical (unpaired) electrons. The van der Waals surface area contributed by atoms with Crippen LogP contribution < -0.4 is 0 Å². The Bertz CT molecular complexity index is 487. The van der Waals surface area contributed by atoms with Crippen molar-refractivity contribution in [2.75, 3.05) is 0 Å². The summed E-state index contributed by atoms with van der Waals surface area (Å²) in [7, 11) is 0. The molecule has 1 aromatic carbocycles. The molecule has 0 saturated heterocycles. The second kappa shape index (κ2) is 4.60. The zero-order valence-electron chi connectivity index (χ0n) is 8.27. The van der Waals surface area contributed by atoms with Crippen molar-refractivity contribution in [1.82, 2.24) is 4.98 Å². The summed E-state index contributed by atoms with van der Waals surface area (Å²) in [5.41, 5.74) is 1.25. The van der Waals surface area contributed by atoms with Gasteiger partial charge in [-0.1, -0.05) is 23.7 Å². The summed E-state index contributed by atoms with van der Waals surface area (Å²) < 4.78 is 12.7. The first-order valence-corrected chi connectivity index (χ1v) is 5.09. The first-order chi connectivity index (χ1) is 7.66. The van der Waals surface area contributed by atoms with Gasteiger partial charge in [0.25, 0.3) is 0 Å². The number of hydrogen-bond donors (Lipinski definition) is 1. The van der Waals surface area contributed by atoms with Crippen molar-refractivity contribution >= 4 is 11.6 Å². The number of aromatic nitrogens is 1.